The summed E-state index contributed by atoms with van der Waals surface area (Å²) in [5, 5.41) is 41.4. The number of allylic oxidation sites excluding steroid dienone is 1. The van der Waals surface area contributed by atoms with Crippen molar-refractivity contribution in [3.63, 3.8) is 0 Å². The van der Waals surface area contributed by atoms with Crippen LogP contribution >= 0.6 is 0 Å². The number of nitriles is 1. The zero-order valence-corrected chi connectivity index (χ0v) is 62.3. The lowest BCUT2D eigenvalue weighted by Gasteiger charge is -2.16. The Kier molecular flexibility index (Phi) is 42.1. The quantitative estimate of drug-likeness (QED) is 0.0178. The van der Waals surface area contributed by atoms with Crippen LogP contribution in [0.15, 0.2) is 114 Å². The van der Waals surface area contributed by atoms with E-state index in [2.05, 4.69) is 66.2 Å². The van der Waals surface area contributed by atoms with Crippen molar-refractivity contribution < 1.29 is 95.1 Å². The van der Waals surface area contributed by atoms with Crippen molar-refractivity contribution in [3.8, 4) is 17.6 Å². The second-order valence-corrected chi connectivity index (χ2v) is 27.2. The van der Waals surface area contributed by atoms with Crippen LogP contribution in [0.25, 0.3) is 0 Å². The highest BCUT2D eigenvalue weighted by atomic mass is 19.4. The molecule has 5 aromatic carbocycles. The van der Waals surface area contributed by atoms with E-state index >= 15 is 0 Å². The Morgan fingerprint density at radius 1 is 0.467 bits per heavy atom. The number of hydrogen-bond donors (Lipinski definition) is 7. The number of nitrogens with one attached hydrogen (secondary N) is 5. The molecule has 0 spiro atoms. The molecule has 13 nitrogen and oxygen atoms in total. The maximum absolute atomic E-state index is 12.9. The average molecular weight is 1510 g/mol. The summed E-state index contributed by atoms with van der Waals surface area (Å²) in [4.78, 5) is 25.2. The molecule has 1 heterocycles. The zero-order chi connectivity index (χ0) is 80.2. The van der Waals surface area contributed by atoms with Gasteiger partial charge in [0, 0.05) is 94.1 Å². The van der Waals surface area contributed by atoms with Gasteiger partial charge in [0.15, 0.2) is 0 Å². The highest BCUT2D eigenvalue weighted by Gasteiger charge is 2.35. The molecule has 0 aliphatic carbocycles. The summed E-state index contributed by atoms with van der Waals surface area (Å²) < 4.78 is 201. The van der Waals surface area contributed by atoms with E-state index in [0.717, 1.165) is 92.4 Å². The predicted molar refractivity (Wildman–Crippen MR) is 381 cm³/mol. The number of aliphatic imine (C=N–C) groups is 1. The van der Waals surface area contributed by atoms with Crippen LogP contribution in [0.5, 0.6) is 11.5 Å². The number of benzene rings is 5. The van der Waals surface area contributed by atoms with Crippen molar-refractivity contribution in [1.82, 2.24) is 26.6 Å². The lowest BCUT2D eigenvalue weighted by molar-refractivity contribution is -0.138. The van der Waals surface area contributed by atoms with E-state index in [9.17, 15) is 75.4 Å². The fourth-order valence-corrected chi connectivity index (χ4v) is 9.09. The Morgan fingerprint density at radius 3 is 1.26 bits per heavy atom. The highest BCUT2D eigenvalue weighted by molar-refractivity contribution is 5.90. The second kappa shape index (κ2) is 46.4. The van der Waals surface area contributed by atoms with Gasteiger partial charge in [0.05, 0.1) is 52.2 Å². The van der Waals surface area contributed by atoms with E-state index in [1.807, 2.05) is 61.6 Å². The molecule has 0 atom stereocenters. The minimum atomic E-state index is -4.45. The smallest absolute Gasteiger partial charge is 0.416 e. The van der Waals surface area contributed by atoms with Gasteiger partial charge in [-0.25, -0.2) is 0 Å². The second-order valence-electron chi connectivity index (χ2n) is 27.2. The van der Waals surface area contributed by atoms with Crippen LogP contribution in [0.3, 0.4) is 0 Å². The van der Waals surface area contributed by atoms with E-state index < -0.39 is 70.6 Å². The van der Waals surface area contributed by atoms with Gasteiger partial charge in [-0.05, 0) is 164 Å². The van der Waals surface area contributed by atoms with E-state index in [0.29, 0.717) is 66.0 Å². The Balaban J connectivity index is 0.000000636. The summed E-state index contributed by atoms with van der Waals surface area (Å²) in [7, 11) is 0. The van der Waals surface area contributed by atoms with Crippen LogP contribution in [-0.2, 0) is 79.5 Å². The number of hydrogen-bond acceptors (Lipinski definition) is 11. The van der Waals surface area contributed by atoms with Crippen LogP contribution in [-0.4, -0.2) is 77.3 Å². The van der Waals surface area contributed by atoms with Crippen LogP contribution in [0, 0.1) is 17.2 Å². The van der Waals surface area contributed by atoms with Crippen molar-refractivity contribution in [2.75, 3.05) is 13.2 Å². The Hall–Kier alpha value is -7.71. The minimum Gasteiger partial charge on any atom is -0.494 e. The molecule has 6 rings (SSSR count). The molecule has 0 saturated heterocycles. The molecule has 1 aliphatic heterocycles. The van der Waals surface area contributed by atoms with E-state index in [1.54, 1.807) is 38.1 Å². The standard InChI is InChI=1S/C15H20F3NO3.C14H18F3NO2.C14H20F3NO.C13H17F3.C12H13F3N2.C9H16N2/c1-10(2)19-9-11-6-12(15(16,17)18)8-13(7-11)22-5-3-4-14(20)21;1-9(2)18-8-11-5-10(3-4-13(19)20)6-12(7-11)14(15,16)17;1-9(2)18-8-11-5-12(14(15,16)17)7-13(6-11)19-10(3)4;1-10(2)5-3-6-11-7-4-8-12(9-11)13(14,15)16;1-8(2)17-7-10-3-9(6-16)4-11(5-10)12(13,14)15;1-7(2)10-6-9-4-8(3)5-11-9/h6-8,10,19H,3-5,9H2,1-2H3,(H,20,21);5-7,9,18H,3-4,8H2,1-2H3,(H,19,20);5-7,9-10,18H,8H2,1-4H3;4,7-10H,3,5-6H2,1-2H3;3-5,8,17H,7H2,1-2H3;5,7,10H,4,6H2,1-3H3. The van der Waals surface area contributed by atoms with Crippen molar-refractivity contribution in [3.05, 3.63) is 176 Å². The number of carbonyl (C=O) groups is 2. The maximum Gasteiger partial charge on any atom is 0.416 e. The third kappa shape index (κ3) is 44.8. The summed E-state index contributed by atoms with van der Waals surface area (Å²) >= 11 is 0. The molecule has 0 fully saturated rings. The number of halogens is 15. The fraction of sp³-hybridized carbons (Fsp3) is 0.532. The molecule has 105 heavy (non-hydrogen) atoms. The first-order valence-electron chi connectivity index (χ1n) is 34.5. The SMILES string of the molecule is CC(C)CCCc1cccc(C(F)(F)F)c1.CC(C)NCc1cc(C#N)cc(C(F)(F)F)c1.CC(C)NCc1cc(CCC(=O)O)cc(C(F)(F)F)c1.CC(C)NCc1cc(OC(C)C)cc(C(F)(F)F)c1.CC(C)NCc1cc(OCCCC(=O)O)cc(C(F)(F)F)c1.CC1=CN=C(CNC(C)C)C1. The molecule has 28 heteroatoms. The molecule has 0 bridgehead atoms. The lowest BCUT2D eigenvalue weighted by Crippen LogP contribution is -2.28. The summed E-state index contributed by atoms with van der Waals surface area (Å²) in [6.45, 7) is 31.8. The Bertz CT molecular complexity index is 3500. The van der Waals surface area contributed by atoms with Gasteiger partial charge in [-0.1, -0.05) is 114 Å². The van der Waals surface area contributed by atoms with E-state index in [4.69, 9.17) is 24.9 Å². The molecule has 0 saturated carbocycles. The monoisotopic (exact) mass is 1510 g/mol. The van der Waals surface area contributed by atoms with E-state index in [-0.39, 0.29) is 79.6 Å². The third-order valence-corrected chi connectivity index (χ3v) is 14.2. The number of rotatable bonds is 29. The summed E-state index contributed by atoms with van der Waals surface area (Å²) in [6, 6.07) is 23.1. The van der Waals surface area contributed by atoms with Crippen molar-refractivity contribution >= 4 is 17.7 Å². The highest BCUT2D eigenvalue weighted by Crippen LogP contribution is 2.36. The third-order valence-electron chi connectivity index (χ3n) is 14.2. The Morgan fingerprint density at radius 2 is 0.857 bits per heavy atom. The van der Waals surface area contributed by atoms with Gasteiger partial charge in [-0.2, -0.15) is 71.1 Å². The molecular weight excluding hydrogens is 1400 g/mol. The summed E-state index contributed by atoms with van der Waals surface area (Å²) in [5.74, 6) is -1.03. The largest absolute Gasteiger partial charge is 0.494 e. The first kappa shape index (κ1) is 95.3. The van der Waals surface area contributed by atoms with Gasteiger partial charge in [-0.15, -0.1) is 0 Å². The number of aryl methyl sites for hydroxylation is 2. The van der Waals surface area contributed by atoms with Gasteiger partial charge in [0.2, 0.25) is 0 Å². The van der Waals surface area contributed by atoms with Crippen LogP contribution in [0.2, 0.25) is 0 Å². The van der Waals surface area contributed by atoms with Crippen LogP contribution < -0.4 is 36.1 Å². The average Bonchev–Trinajstić information content (AvgIpc) is 1.54. The van der Waals surface area contributed by atoms with Gasteiger partial charge >= 0.3 is 42.8 Å². The number of aliphatic carboxylic acids is 2. The number of carboxylic acids is 2. The molecule has 7 N–H and O–H groups in total. The Labute approximate surface area is 608 Å². The predicted octanol–water partition coefficient (Wildman–Crippen LogP) is 20.2. The normalized spacial score (nSPS) is 12.5. The first-order chi connectivity index (χ1) is 48.4. The number of carboxylic acid groups (broad SMARTS) is 2. The molecule has 0 aromatic heterocycles. The lowest BCUT2D eigenvalue weighted by atomic mass is 10.0. The molecule has 0 unspecified atom stereocenters. The summed E-state index contributed by atoms with van der Waals surface area (Å²) in [5.41, 5.74) is 2.32. The van der Waals surface area contributed by atoms with Crippen molar-refractivity contribution in [2.45, 2.75) is 249 Å². The molecular formula is C77H104F15N7O6. The van der Waals surface area contributed by atoms with Gasteiger partial charge in [0.1, 0.15) is 11.5 Å². The van der Waals surface area contributed by atoms with Gasteiger partial charge < -0.3 is 46.3 Å². The molecule has 1 aliphatic rings. The first-order valence-corrected chi connectivity index (χ1v) is 34.5. The maximum atomic E-state index is 12.9. The molecule has 588 valence electrons. The number of ether oxygens (including phenoxy) is 2. The summed E-state index contributed by atoms with van der Waals surface area (Å²) in [6.07, 6.45) is -16.2. The fourth-order valence-electron chi connectivity index (χ4n) is 9.09. The topological polar surface area (TPSA) is 189 Å². The van der Waals surface area contributed by atoms with Crippen molar-refractivity contribution in [2.24, 2.45) is 10.9 Å². The van der Waals surface area contributed by atoms with Gasteiger partial charge in [-0.3, -0.25) is 14.6 Å². The van der Waals surface area contributed by atoms with E-state index in [1.165, 1.54) is 35.6 Å². The zero-order valence-electron chi connectivity index (χ0n) is 62.3. The van der Waals surface area contributed by atoms with Gasteiger partial charge in [0.25, 0.3) is 0 Å². The molecule has 0 amide bonds. The molecule has 0 radical (unpaired) electrons. The number of alkyl halides is 15. The minimum absolute atomic E-state index is 0.0281. The van der Waals surface area contributed by atoms with Crippen LogP contribution in [0.4, 0.5) is 65.9 Å². The van der Waals surface area contributed by atoms with Crippen LogP contribution in [0.1, 0.15) is 209 Å². The number of nitrogens with zero attached hydrogens (tertiary/aromatic N) is 2. The molecule has 5 aromatic rings. The van der Waals surface area contributed by atoms with Crippen molar-refractivity contribution in [1.29, 1.82) is 5.26 Å².